The molecule has 2 aliphatic heterocycles. The summed E-state index contributed by atoms with van der Waals surface area (Å²) in [4.78, 5) is 10.5. The van der Waals surface area contributed by atoms with Crippen LogP contribution in [0.3, 0.4) is 0 Å². The molecule has 0 bridgehead atoms. The molecule has 1 aromatic carbocycles. The molecule has 1 aromatic heterocycles. The number of halogens is 4. The molecule has 0 saturated carbocycles. The van der Waals surface area contributed by atoms with Crippen LogP contribution in [-0.4, -0.2) is 43.4 Å². The van der Waals surface area contributed by atoms with Gasteiger partial charge in [-0.2, -0.15) is 13.2 Å². The van der Waals surface area contributed by atoms with Gasteiger partial charge in [0.25, 0.3) is 0 Å². The quantitative estimate of drug-likeness (QED) is 0.378. The van der Waals surface area contributed by atoms with Crippen molar-refractivity contribution in [2.24, 2.45) is 4.99 Å². The van der Waals surface area contributed by atoms with Gasteiger partial charge in [0.2, 0.25) is 0 Å². The highest BCUT2D eigenvalue weighted by molar-refractivity contribution is 6.74. The summed E-state index contributed by atoms with van der Waals surface area (Å²) in [5, 5.41) is 3.44. The van der Waals surface area contributed by atoms with Crippen LogP contribution in [0.1, 0.15) is 44.4 Å². The van der Waals surface area contributed by atoms with Gasteiger partial charge in [-0.3, -0.25) is 0 Å². The van der Waals surface area contributed by atoms with Gasteiger partial charge in [-0.1, -0.05) is 32.4 Å². The molecule has 3 heterocycles. The number of nitrogens with two attached hydrogens (primary N) is 1. The maximum Gasteiger partial charge on any atom is 0.418 e. The van der Waals surface area contributed by atoms with E-state index < -0.39 is 20.1 Å². The Morgan fingerprint density at radius 3 is 2.58 bits per heavy atom. The van der Waals surface area contributed by atoms with Crippen molar-refractivity contribution in [3.63, 3.8) is 0 Å². The van der Waals surface area contributed by atoms with Crippen LogP contribution in [0.4, 0.5) is 24.7 Å². The number of amidine groups is 1. The second-order valence-electron chi connectivity index (χ2n) is 11.1. The molecule has 1 atom stereocenters. The van der Waals surface area contributed by atoms with E-state index in [4.69, 9.17) is 31.5 Å². The number of ether oxygens (including phenoxy) is 1. The number of nitrogen functional groups attached to an aromatic ring is 1. The summed E-state index contributed by atoms with van der Waals surface area (Å²) in [5.74, 6) is 0.961. The standard InChI is InChI=1S/C26H33ClF3N5O2Si/c1-14(12-37-38(6,7)25(3,4)5)35-8-9-36-18-10-16(21(27)22-20(18)24(35)34-13-33-22)19-15(2)17(26(28,29)30)11-32-23(19)31/h8-11,14,33H,12-13H2,1-7H3,(H2,31,32). The van der Waals surface area contributed by atoms with Crippen LogP contribution in [-0.2, 0) is 10.6 Å². The van der Waals surface area contributed by atoms with Crippen LogP contribution in [0, 0.1) is 6.92 Å². The van der Waals surface area contributed by atoms with Crippen molar-refractivity contribution in [2.45, 2.75) is 65.0 Å². The third-order valence-electron chi connectivity index (χ3n) is 7.51. The summed E-state index contributed by atoms with van der Waals surface area (Å²) < 4.78 is 53.3. The summed E-state index contributed by atoms with van der Waals surface area (Å²) in [6.45, 7) is 15.1. The fraction of sp³-hybridized carbons (Fsp3) is 0.462. The van der Waals surface area contributed by atoms with E-state index in [1.54, 1.807) is 12.3 Å². The monoisotopic (exact) mass is 567 g/mol. The first kappa shape index (κ1) is 28.3. The molecular formula is C26H33ClF3N5O2Si. The SMILES string of the molecule is Cc1c(C(F)(F)F)cnc(N)c1-c1cc2c3c(c1Cl)NCN=C3N(C(C)CO[Si](C)(C)C(C)(C)C)C=CO2. The smallest absolute Gasteiger partial charge is 0.418 e. The summed E-state index contributed by atoms with van der Waals surface area (Å²) in [5.41, 5.74) is 6.66. The Morgan fingerprint density at radius 1 is 1.26 bits per heavy atom. The molecule has 38 heavy (non-hydrogen) atoms. The molecule has 3 N–H and O–H groups in total. The molecule has 0 aliphatic carbocycles. The number of rotatable bonds is 5. The van der Waals surface area contributed by atoms with Crippen LogP contribution >= 0.6 is 11.6 Å². The van der Waals surface area contributed by atoms with E-state index in [0.29, 0.717) is 35.0 Å². The molecule has 0 fully saturated rings. The van der Waals surface area contributed by atoms with Crippen LogP contribution in [0.2, 0.25) is 23.2 Å². The fourth-order valence-corrected chi connectivity index (χ4v) is 5.65. The summed E-state index contributed by atoms with van der Waals surface area (Å²) in [7, 11) is -1.98. The minimum Gasteiger partial charge on any atom is -0.463 e. The maximum atomic E-state index is 13.6. The molecule has 2 aromatic rings. The van der Waals surface area contributed by atoms with Crippen molar-refractivity contribution in [3.8, 4) is 16.9 Å². The Bertz CT molecular complexity index is 1320. The van der Waals surface area contributed by atoms with Crippen molar-refractivity contribution < 1.29 is 22.3 Å². The van der Waals surface area contributed by atoms with Gasteiger partial charge in [0.05, 0.1) is 34.5 Å². The van der Waals surface area contributed by atoms with Gasteiger partial charge < -0.3 is 25.1 Å². The molecule has 7 nitrogen and oxygen atoms in total. The van der Waals surface area contributed by atoms with Crippen molar-refractivity contribution in [2.75, 3.05) is 24.3 Å². The zero-order chi connectivity index (χ0) is 28.2. The number of nitrogens with one attached hydrogen (secondary N) is 1. The van der Waals surface area contributed by atoms with E-state index in [2.05, 4.69) is 44.2 Å². The molecule has 1 unspecified atom stereocenters. The topological polar surface area (TPSA) is 85.0 Å². The highest BCUT2D eigenvalue weighted by Crippen LogP contribution is 2.48. The molecule has 0 radical (unpaired) electrons. The maximum absolute atomic E-state index is 13.6. The van der Waals surface area contributed by atoms with Crippen LogP contribution in [0.5, 0.6) is 5.75 Å². The van der Waals surface area contributed by atoms with Gasteiger partial charge in [-0.05, 0) is 43.6 Å². The number of aromatic nitrogens is 1. The Morgan fingerprint density at radius 2 is 1.95 bits per heavy atom. The number of alkyl halides is 3. The predicted molar refractivity (Wildman–Crippen MR) is 148 cm³/mol. The first-order valence-corrected chi connectivity index (χ1v) is 15.6. The second kappa shape index (κ2) is 9.76. The summed E-state index contributed by atoms with van der Waals surface area (Å²) >= 11 is 6.85. The number of hydrogen-bond donors (Lipinski definition) is 2. The van der Waals surface area contributed by atoms with Crippen LogP contribution in [0.25, 0.3) is 11.1 Å². The van der Waals surface area contributed by atoms with Crippen molar-refractivity contribution >= 4 is 37.3 Å². The third-order valence-corrected chi connectivity index (χ3v) is 12.4. The zero-order valence-corrected chi connectivity index (χ0v) is 24.3. The molecule has 0 saturated heterocycles. The van der Waals surface area contributed by atoms with E-state index in [1.807, 2.05) is 11.8 Å². The first-order valence-electron chi connectivity index (χ1n) is 12.3. The number of benzene rings is 1. The molecule has 206 valence electrons. The van der Waals surface area contributed by atoms with E-state index >= 15 is 0 Å². The van der Waals surface area contributed by atoms with Crippen LogP contribution < -0.4 is 15.8 Å². The molecule has 0 amide bonds. The van der Waals surface area contributed by atoms with Gasteiger partial charge in [0.15, 0.2) is 8.32 Å². The summed E-state index contributed by atoms with van der Waals surface area (Å²) in [6, 6.07) is 1.51. The zero-order valence-electron chi connectivity index (χ0n) is 22.5. The Hall–Kier alpha value is -2.76. The van der Waals surface area contributed by atoms with Gasteiger partial charge in [0.1, 0.15) is 30.3 Å². The van der Waals surface area contributed by atoms with Crippen LogP contribution in [0.15, 0.2) is 29.7 Å². The van der Waals surface area contributed by atoms with E-state index in [-0.39, 0.29) is 39.7 Å². The number of aliphatic imine (C=N–C) groups is 1. The normalized spacial score (nSPS) is 16.3. The van der Waals surface area contributed by atoms with Gasteiger partial charge >= 0.3 is 6.18 Å². The highest BCUT2D eigenvalue weighted by atomic mass is 35.5. The first-order chi connectivity index (χ1) is 17.5. The van der Waals surface area contributed by atoms with Gasteiger partial charge in [-0.25, -0.2) is 9.98 Å². The second-order valence-corrected chi connectivity index (χ2v) is 16.3. The minimum absolute atomic E-state index is 0.0589. The lowest BCUT2D eigenvalue weighted by Crippen LogP contribution is -2.46. The number of pyridine rings is 1. The number of hydrogen-bond acceptors (Lipinski definition) is 7. The minimum atomic E-state index is -4.59. The Kier molecular flexibility index (Phi) is 7.26. The lowest BCUT2D eigenvalue weighted by atomic mass is 9.94. The van der Waals surface area contributed by atoms with E-state index in [9.17, 15) is 13.2 Å². The van der Waals surface area contributed by atoms with Gasteiger partial charge in [0, 0.05) is 23.5 Å². The Labute approximate surface area is 227 Å². The fourth-order valence-electron chi connectivity index (χ4n) is 4.25. The Balaban J connectivity index is 1.77. The highest BCUT2D eigenvalue weighted by Gasteiger charge is 2.39. The molecular weight excluding hydrogens is 535 g/mol. The number of anilines is 2. The molecule has 2 aliphatic rings. The summed E-state index contributed by atoms with van der Waals surface area (Å²) in [6.07, 6.45) is -0.542. The largest absolute Gasteiger partial charge is 0.463 e. The average Bonchev–Trinajstić information content (AvgIpc) is 2.99. The van der Waals surface area contributed by atoms with E-state index in [1.165, 1.54) is 13.2 Å². The molecule has 12 heteroatoms. The van der Waals surface area contributed by atoms with E-state index in [0.717, 1.165) is 6.20 Å². The van der Waals surface area contributed by atoms with Crippen molar-refractivity contribution in [1.29, 1.82) is 0 Å². The lowest BCUT2D eigenvalue weighted by molar-refractivity contribution is -0.138. The molecule has 4 rings (SSSR count). The van der Waals surface area contributed by atoms with Crippen molar-refractivity contribution in [1.82, 2.24) is 9.88 Å². The lowest BCUT2D eigenvalue weighted by Gasteiger charge is -2.38. The average molecular weight is 568 g/mol. The predicted octanol–water partition coefficient (Wildman–Crippen LogP) is 7.02. The third kappa shape index (κ3) is 4.99. The number of nitrogens with zero attached hydrogens (tertiary/aromatic N) is 3. The van der Waals surface area contributed by atoms with Gasteiger partial charge in [-0.15, -0.1) is 0 Å². The van der Waals surface area contributed by atoms with Crippen molar-refractivity contribution in [3.05, 3.63) is 46.4 Å². The molecule has 0 spiro atoms.